The van der Waals surface area contributed by atoms with E-state index in [4.69, 9.17) is 23.9 Å². The highest BCUT2D eigenvalue weighted by atomic mass is 16.6. The third kappa shape index (κ3) is 7.16. The lowest BCUT2D eigenvalue weighted by atomic mass is 10.0. The second kappa shape index (κ2) is 14.1. The maximum Gasteiger partial charge on any atom is 0.117 e. The lowest BCUT2D eigenvalue weighted by molar-refractivity contribution is -0.0898. The first-order valence-electron chi connectivity index (χ1n) is 14.3. The van der Waals surface area contributed by atoms with Crippen LogP contribution in [0.15, 0.2) is 134 Å². The Morgan fingerprint density at radius 1 is 0.548 bits per heavy atom. The van der Waals surface area contributed by atoms with Crippen molar-refractivity contribution in [3.63, 3.8) is 0 Å². The van der Waals surface area contributed by atoms with E-state index in [9.17, 15) is 0 Å². The average molecular weight is 559 g/mol. The smallest absolute Gasteiger partial charge is 0.117 e. The first kappa shape index (κ1) is 27.9. The summed E-state index contributed by atoms with van der Waals surface area (Å²) in [5, 5.41) is 0. The molecular weight excluding hydrogens is 524 g/mol. The van der Waals surface area contributed by atoms with Crippen LogP contribution in [-0.2, 0) is 38.8 Å². The minimum atomic E-state index is -0.384. The number of hydrogen-bond acceptors (Lipinski definition) is 6. The van der Waals surface area contributed by atoms with E-state index in [2.05, 4.69) is 41.4 Å². The molecule has 0 bridgehead atoms. The van der Waals surface area contributed by atoms with Crippen LogP contribution in [0.4, 0.5) is 0 Å². The molecule has 0 amide bonds. The number of hydrogen-bond donors (Lipinski definition) is 0. The number of aromatic nitrogens is 2. The van der Waals surface area contributed by atoms with Crippen LogP contribution in [0.3, 0.4) is 0 Å². The number of benzene rings is 3. The van der Waals surface area contributed by atoms with Gasteiger partial charge >= 0.3 is 0 Å². The fraction of sp³-hybridized carbons (Fsp3) is 0.222. The van der Waals surface area contributed by atoms with Crippen molar-refractivity contribution < 1.29 is 18.9 Å². The van der Waals surface area contributed by atoms with E-state index in [0.29, 0.717) is 26.4 Å². The Morgan fingerprint density at radius 3 is 1.69 bits per heavy atom. The van der Waals surface area contributed by atoms with Gasteiger partial charge in [0, 0.05) is 18.0 Å². The molecule has 6 rings (SSSR count). The van der Waals surface area contributed by atoms with E-state index < -0.39 is 0 Å². The summed E-state index contributed by atoms with van der Waals surface area (Å²) in [4.78, 5) is 9.16. The number of rotatable bonds is 12. The molecule has 212 valence electrons. The number of nitrogens with zero attached hydrogens (tertiary/aromatic N) is 2. The van der Waals surface area contributed by atoms with Crippen molar-refractivity contribution in [1.82, 2.24) is 9.97 Å². The highest BCUT2D eigenvalue weighted by molar-refractivity contribution is 5.53. The topological polar surface area (TPSA) is 62.7 Å². The zero-order valence-corrected chi connectivity index (χ0v) is 23.4. The molecule has 42 heavy (non-hydrogen) atoms. The Hall–Kier alpha value is -4.20. The van der Waals surface area contributed by atoms with Crippen molar-refractivity contribution in [2.75, 3.05) is 6.61 Å². The molecule has 6 nitrogen and oxygen atoms in total. The van der Waals surface area contributed by atoms with Crippen LogP contribution in [0.2, 0.25) is 0 Å². The molecule has 0 aliphatic carbocycles. The lowest BCUT2D eigenvalue weighted by Crippen LogP contribution is -2.37. The maximum atomic E-state index is 6.70. The average Bonchev–Trinajstić information content (AvgIpc) is 3.41. The molecule has 0 saturated carbocycles. The summed E-state index contributed by atoms with van der Waals surface area (Å²) in [5.41, 5.74) is 5.84. The molecule has 1 aliphatic heterocycles. The summed E-state index contributed by atoms with van der Waals surface area (Å²) in [6.07, 6.45) is 2.18. The molecule has 3 aromatic carbocycles. The van der Waals surface area contributed by atoms with Crippen LogP contribution in [0.5, 0.6) is 0 Å². The third-order valence-corrected chi connectivity index (χ3v) is 7.32. The van der Waals surface area contributed by atoms with Crippen molar-refractivity contribution in [3.8, 4) is 11.4 Å². The molecule has 1 aliphatic rings. The highest BCUT2D eigenvalue weighted by Gasteiger charge is 2.47. The maximum absolute atomic E-state index is 6.70. The van der Waals surface area contributed by atoms with Crippen LogP contribution in [0, 0.1) is 0 Å². The van der Waals surface area contributed by atoms with Gasteiger partial charge < -0.3 is 18.9 Å². The van der Waals surface area contributed by atoms with Gasteiger partial charge in [0.05, 0.1) is 37.8 Å². The van der Waals surface area contributed by atoms with Gasteiger partial charge in [-0.1, -0.05) is 103 Å². The molecule has 2 aromatic heterocycles. The van der Waals surface area contributed by atoms with Crippen molar-refractivity contribution in [3.05, 3.63) is 156 Å². The monoisotopic (exact) mass is 558 g/mol. The molecule has 6 heteroatoms. The van der Waals surface area contributed by atoms with Crippen molar-refractivity contribution in [1.29, 1.82) is 0 Å². The molecule has 0 spiro atoms. The Morgan fingerprint density at radius 2 is 1.12 bits per heavy atom. The van der Waals surface area contributed by atoms with E-state index in [0.717, 1.165) is 33.6 Å². The second-order valence-electron chi connectivity index (χ2n) is 10.3. The first-order chi connectivity index (χ1) is 20.8. The van der Waals surface area contributed by atoms with E-state index in [-0.39, 0.29) is 24.4 Å². The fourth-order valence-corrected chi connectivity index (χ4v) is 5.15. The van der Waals surface area contributed by atoms with Gasteiger partial charge in [0.1, 0.15) is 24.4 Å². The number of ether oxygens (including phenoxy) is 4. The van der Waals surface area contributed by atoms with Crippen LogP contribution in [-0.4, -0.2) is 34.9 Å². The van der Waals surface area contributed by atoms with Gasteiger partial charge in [0.2, 0.25) is 0 Å². The summed E-state index contributed by atoms with van der Waals surface area (Å²) in [6.45, 7) is 1.74. The lowest BCUT2D eigenvalue weighted by Gasteiger charge is -2.25. The van der Waals surface area contributed by atoms with Gasteiger partial charge in [0.15, 0.2) is 0 Å². The summed E-state index contributed by atoms with van der Waals surface area (Å²) in [5.74, 6) is 0. The minimum absolute atomic E-state index is 0.335. The normalized spacial score (nSPS) is 20.0. The van der Waals surface area contributed by atoms with Gasteiger partial charge in [0.25, 0.3) is 0 Å². The predicted octanol–water partition coefficient (Wildman–Crippen LogP) is 6.97. The van der Waals surface area contributed by atoms with Gasteiger partial charge in [-0.2, -0.15) is 0 Å². The highest BCUT2D eigenvalue weighted by Crippen LogP contribution is 2.38. The molecule has 0 radical (unpaired) electrons. The molecule has 0 unspecified atom stereocenters. The van der Waals surface area contributed by atoms with E-state index >= 15 is 0 Å². The quantitative estimate of drug-likeness (QED) is 0.165. The van der Waals surface area contributed by atoms with Crippen molar-refractivity contribution >= 4 is 0 Å². The minimum Gasteiger partial charge on any atom is -0.374 e. The van der Waals surface area contributed by atoms with Crippen LogP contribution in [0.1, 0.15) is 28.4 Å². The largest absolute Gasteiger partial charge is 0.374 e. The fourth-order valence-electron chi connectivity index (χ4n) is 5.15. The van der Waals surface area contributed by atoms with Crippen LogP contribution in [0.25, 0.3) is 11.4 Å². The zero-order chi connectivity index (χ0) is 28.4. The van der Waals surface area contributed by atoms with Gasteiger partial charge in [-0.25, -0.2) is 0 Å². The first-order valence-corrected chi connectivity index (χ1v) is 14.3. The van der Waals surface area contributed by atoms with E-state index in [1.165, 1.54) is 0 Å². The van der Waals surface area contributed by atoms with Crippen molar-refractivity contribution in [2.45, 2.75) is 44.2 Å². The Kier molecular flexibility index (Phi) is 9.39. The predicted molar refractivity (Wildman–Crippen MR) is 161 cm³/mol. The Bertz CT molecular complexity index is 1490. The van der Waals surface area contributed by atoms with Crippen LogP contribution < -0.4 is 0 Å². The molecule has 0 N–H and O–H groups in total. The molecule has 1 saturated heterocycles. The van der Waals surface area contributed by atoms with Gasteiger partial charge in [-0.05, 0) is 34.9 Å². The summed E-state index contributed by atoms with van der Waals surface area (Å²) < 4.78 is 26.1. The van der Waals surface area contributed by atoms with Crippen LogP contribution >= 0.6 is 0 Å². The molecule has 1 fully saturated rings. The summed E-state index contributed by atoms with van der Waals surface area (Å²) in [6, 6.07) is 40.3. The number of pyridine rings is 2. The van der Waals surface area contributed by atoms with E-state index in [1.54, 1.807) is 6.20 Å². The molecule has 4 atom stereocenters. The second-order valence-corrected chi connectivity index (χ2v) is 10.3. The standard InChI is InChI=1S/C36H34N2O4/c1-4-12-27(13-5-1)23-39-26-33-35(40-24-28-14-6-2-7-15-28)36(41-25-29-16-8-3-9-17-29)34(42-33)30-19-20-32(38-22-30)31-18-10-11-21-37-31/h1-22,33-36H,23-26H2/t33-,34+,35-,36+/m1/s1. The SMILES string of the molecule is c1ccc(COC[C@H]2O[C@@H](c3ccc(-c4ccccn4)nc3)[C@H](OCc3ccccc3)[C@@H]2OCc2ccccc2)cc1. The molecule has 3 heterocycles. The van der Waals surface area contributed by atoms with Gasteiger partial charge in [-0.3, -0.25) is 9.97 Å². The Labute approximate surface area is 246 Å². The Balaban J connectivity index is 1.25. The van der Waals surface area contributed by atoms with Crippen molar-refractivity contribution in [2.24, 2.45) is 0 Å². The summed E-state index contributed by atoms with van der Waals surface area (Å²) in [7, 11) is 0. The van der Waals surface area contributed by atoms with Gasteiger partial charge in [-0.15, -0.1) is 0 Å². The third-order valence-electron chi connectivity index (χ3n) is 7.32. The molecule has 5 aromatic rings. The zero-order valence-electron chi connectivity index (χ0n) is 23.4. The summed E-state index contributed by atoms with van der Waals surface area (Å²) >= 11 is 0. The van der Waals surface area contributed by atoms with E-state index in [1.807, 2.05) is 91.1 Å². The molecular formula is C36H34N2O4.